The first-order valence-electron chi connectivity index (χ1n) is 10.6. The molecule has 1 amide bonds. The van der Waals surface area contributed by atoms with Crippen LogP contribution in [-0.2, 0) is 20.9 Å². The van der Waals surface area contributed by atoms with Gasteiger partial charge in [0.15, 0.2) is 0 Å². The molecule has 7 heteroatoms. The zero-order valence-electron chi connectivity index (χ0n) is 17.8. The molecule has 1 aromatic carbocycles. The van der Waals surface area contributed by atoms with Crippen LogP contribution in [0.1, 0.15) is 45.6 Å². The van der Waals surface area contributed by atoms with E-state index < -0.39 is 12.1 Å². The molecular weight excluding hydrogens is 382 g/mol. The monoisotopic (exact) mass is 413 g/mol. The molecule has 30 heavy (non-hydrogen) atoms. The second-order valence-electron chi connectivity index (χ2n) is 7.85. The molecule has 3 atom stereocenters. The summed E-state index contributed by atoms with van der Waals surface area (Å²) < 4.78 is 6.21. The number of hydrogen-bond acceptors (Lipinski definition) is 4. The highest BCUT2D eigenvalue weighted by molar-refractivity contribution is 5.87. The number of rotatable bonds is 9. The van der Waals surface area contributed by atoms with Gasteiger partial charge in [0, 0.05) is 36.8 Å². The molecule has 0 bridgehead atoms. The second-order valence-corrected chi connectivity index (χ2v) is 7.85. The lowest BCUT2D eigenvalue weighted by Crippen LogP contribution is -2.58. The largest absolute Gasteiger partial charge is 0.478 e. The number of aliphatic carboxylic acids is 1. The van der Waals surface area contributed by atoms with E-state index in [0.717, 1.165) is 29.3 Å². The summed E-state index contributed by atoms with van der Waals surface area (Å²) in [7, 11) is 0. The van der Waals surface area contributed by atoms with E-state index in [-0.39, 0.29) is 24.1 Å². The van der Waals surface area contributed by atoms with E-state index in [0.29, 0.717) is 18.5 Å². The van der Waals surface area contributed by atoms with E-state index in [2.05, 4.69) is 27.8 Å². The van der Waals surface area contributed by atoms with Crippen molar-refractivity contribution in [3.05, 3.63) is 47.7 Å². The highest BCUT2D eigenvalue weighted by Crippen LogP contribution is 2.25. The van der Waals surface area contributed by atoms with Gasteiger partial charge in [-0.3, -0.25) is 4.79 Å². The van der Waals surface area contributed by atoms with Gasteiger partial charge in [-0.25, -0.2) is 4.79 Å². The Bertz CT molecular complexity index is 916. The lowest BCUT2D eigenvalue weighted by atomic mass is 9.87. The number of H-pyrrole nitrogens is 1. The smallest absolute Gasteiger partial charge is 0.331 e. The van der Waals surface area contributed by atoms with Gasteiger partial charge in [0.1, 0.15) is 0 Å². The minimum atomic E-state index is -0.950. The van der Waals surface area contributed by atoms with Gasteiger partial charge in [-0.15, -0.1) is 0 Å². The highest BCUT2D eigenvalue weighted by atomic mass is 16.5. The molecule has 1 aliphatic rings. The first-order valence-corrected chi connectivity index (χ1v) is 10.6. The number of nitrogens with one attached hydrogen (secondary N) is 3. The van der Waals surface area contributed by atoms with Gasteiger partial charge in [-0.05, 0) is 48.4 Å². The average Bonchev–Trinajstić information content (AvgIpc) is 3.19. The standard InChI is InChI=1S/C23H31N3O4/c1-4-18(5-2)30-21-12-17(23(28)29)11-20(22(21)26-14(3)27)25-13-15-6-7-16-8-9-24-19(16)10-15/h6-10,12,18,20-22,24-25H,4-5,11,13H2,1-3H3,(H,26,27)(H,28,29)/t20-,21+,22+/m0/s1. The van der Waals surface area contributed by atoms with E-state index in [9.17, 15) is 14.7 Å². The molecule has 3 rings (SSSR count). The molecule has 2 aromatic rings. The number of benzene rings is 1. The van der Waals surface area contributed by atoms with Crippen LogP contribution < -0.4 is 10.6 Å². The maximum Gasteiger partial charge on any atom is 0.331 e. The van der Waals surface area contributed by atoms with Crippen molar-refractivity contribution in [1.82, 2.24) is 15.6 Å². The van der Waals surface area contributed by atoms with Crippen LogP contribution in [-0.4, -0.2) is 46.3 Å². The fourth-order valence-electron chi connectivity index (χ4n) is 4.02. The van der Waals surface area contributed by atoms with Crippen LogP contribution in [0, 0.1) is 0 Å². The predicted octanol–water partition coefficient (Wildman–Crippen LogP) is 3.12. The fourth-order valence-corrected chi connectivity index (χ4v) is 4.02. The van der Waals surface area contributed by atoms with Crippen LogP contribution in [0.15, 0.2) is 42.1 Å². The van der Waals surface area contributed by atoms with Gasteiger partial charge in [-0.2, -0.15) is 0 Å². The Labute approximate surface area is 176 Å². The van der Waals surface area contributed by atoms with E-state index in [1.54, 1.807) is 6.08 Å². The van der Waals surface area contributed by atoms with Crippen molar-refractivity contribution >= 4 is 22.8 Å². The Hall–Kier alpha value is -2.64. The van der Waals surface area contributed by atoms with Crippen LogP contribution in [0.5, 0.6) is 0 Å². The molecule has 0 saturated heterocycles. The van der Waals surface area contributed by atoms with Crippen LogP contribution in [0.25, 0.3) is 10.9 Å². The molecule has 0 radical (unpaired) electrons. The lowest BCUT2D eigenvalue weighted by Gasteiger charge is -2.38. The van der Waals surface area contributed by atoms with Crippen molar-refractivity contribution < 1.29 is 19.4 Å². The summed E-state index contributed by atoms with van der Waals surface area (Å²) in [5.74, 6) is -1.11. The summed E-state index contributed by atoms with van der Waals surface area (Å²) in [5.41, 5.74) is 2.44. The number of carbonyl (C=O) groups is 2. The molecule has 0 fully saturated rings. The Kier molecular flexibility index (Phi) is 7.29. The number of hydrogen-bond donors (Lipinski definition) is 4. The molecule has 7 nitrogen and oxygen atoms in total. The van der Waals surface area contributed by atoms with Gasteiger partial charge >= 0.3 is 5.97 Å². The number of ether oxygens (including phenoxy) is 1. The lowest BCUT2D eigenvalue weighted by molar-refractivity contribution is -0.133. The summed E-state index contributed by atoms with van der Waals surface area (Å²) in [6, 6.07) is 7.58. The number of carbonyl (C=O) groups excluding carboxylic acids is 1. The van der Waals surface area contributed by atoms with Gasteiger partial charge in [0.2, 0.25) is 5.91 Å². The number of fused-ring (bicyclic) bond motifs is 1. The van der Waals surface area contributed by atoms with Gasteiger partial charge in [0.05, 0.1) is 18.2 Å². The van der Waals surface area contributed by atoms with Crippen LogP contribution in [0.2, 0.25) is 0 Å². The van der Waals surface area contributed by atoms with Crippen molar-refractivity contribution in [1.29, 1.82) is 0 Å². The summed E-state index contributed by atoms with van der Waals surface area (Å²) in [6.45, 7) is 6.11. The number of amides is 1. The quantitative estimate of drug-likeness (QED) is 0.506. The minimum absolute atomic E-state index is 0.00610. The van der Waals surface area contributed by atoms with Crippen LogP contribution >= 0.6 is 0 Å². The number of aromatic amines is 1. The minimum Gasteiger partial charge on any atom is -0.478 e. The fraction of sp³-hybridized carbons (Fsp3) is 0.478. The van der Waals surface area contributed by atoms with E-state index >= 15 is 0 Å². The average molecular weight is 414 g/mol. The van der Waals surface area contributed by atoms with Crippen LogP contribution in [0.4, 0.5) is 0 Å². The molecule has 1 aliphatic carbocycles. The summed E-state index contributed by atoms with van der Waals surface area (Å²) in [6.07, 6.45) is 5.03. The first kappa shape index (κ1) is 22.1. The zero-order chi connectivity index (χ0) is 21.7. The predicted molar refractivity (Wildman–Crippen MR) is 116 cm³/mol. The Morgan fingerprint density at radius 3 is 2.70 bits per heavy atom. The van der Waals surface area contributed by atoms with Crippen molar-refractivity contribution in [3.8, 4) is 0 Å². The third kappa shape index (κ3) is 5.29. The maximum atomic E-state index is 11.9. The maximum absolute atomic E-state index is 11.9. The first-order chi connectivity index (χ1) is 14.4. The Balaban J connectivity index is 1.82. The molecule has 0 aliphatic heterocycles. The highest BCUT2D eigenvalue weighted by Gasteiger charge is 2.37. The Morgan fingerprint density at radius 1 is 1.27 bits per heavy atom. The zero-order valence-corrected chi connectivity index (χ0v) is 17.8. The molecule has 1 aromatic heterocycles. The Morgan fingerprint density at radius 2 is 2.03 bits per heavy atom. The number of carboxylic acids is 1. The SMILES string of the molecule is CCC(CC)O[C@@H]1C=C(C(=O)O)C[C@H](NCc2ccc3cc[nH]c3c2)[C@H]1NC(C)=O. The van der Waals surface area contributed by atoms with Gasteiger partial charge in [0.25, 0.3) is 0 Å². The van der Waals surface area contributed by atoms with E-state index in [4.69, 9.17) is 4.74 Å². The van der Waals surface area contributed by atoms with E-state index in [1.165, 1.54) is 6.92 Å². The van der Waals surface area contributed by atoms with Crippen molar-refractivity contribution in [2.75, 3.05) is 0 Å². The number of carboxylic acid groups (broad SMARTS) is 1. The van der Waals surface area contributed by atoms with Crippen molar-refractivity contribution in [2.24, 2.45) is 0 Å². The second kappa shape index (κ2) is 9.91. The summed E-state index contributed by atoms with van der Waals surface area (Å²) in [4.78, 5) is 26.9. The topological polar surface area (TPSA) is 103 Å². The third-order valence-electron chi connectivity index (χ3n) is 5.69. The molecule has 162 valence electrons. The summed E-state index contributed by atoms with van der Waals surface area (Å²) >= 11 is 0. The molecule has 0 saturated carbocycles. The van der Waals surface area contributed by atoms with Crippen molar-refractivity contribution in [3.63, 3.8) is 0 Å². The third-order valence-corrected chi connectivity index (χ3v) is 5.69. The van der Waals surface area contributed by atoms with E-state index in [1.807, 2.05) is 32.2 Å². The van der Waals surface area contributed by atoms with Gasteiger partial charge in [-0.1, -0.05) is 26.0 Å². The normalized spacial score (nSPS) is 21.6. The molecule has 0 spiro atoms. The molecule has 1 heterocycles. The number of aromatic nitrogens is 1. The molecule has 4 N–H and O–H groups in total. The molecular formula is C23H31N3O4. The van der Waals surface area contributed by atoms with Crippen molar-refractivity contribution in [2.45, 2.75) is 70.9 Å². The summed E-state index contributed by atoms with van der Waals surface area (Å²) in [5, 5.41) is 17.2. The van der Waals surface area contributed by atoms with Gasteiger partial charge < -0.3 is 25.5 Å². The van der Waals surface area contributed by atoms with Crippen LogP contribution in [0.3, 0.4) is 0 Å². The molecule has 0 unspecified atom stereocenters.